The van der Waals surface area contributed by atoms with Crippen LogP contribution in [0.25, 0.3) is 0 Å². The lowest BCUT2D eigenvalue weighted by Crippen LogP contribution is -2.27. The van der Waals surface area contributed by atoms with Crippen molar-refractivity contribution in [1.29, 1.82) is 0 Å². The van der Waals surface area contributed by atoms with E-state index in [2.05, 4.69) is 5.32 Å². The molecule has 1 saturated heterocycles. The Kier molecular flexibility index (Phi) is 4.66. The molecule has 0 aliphatic carbocycles. The summed E-state index contributed by atoms with van der Waals surface area (Å²) in [6, 6.07) is 3.03. The number of rotatable bonds is 5. The van der Waals surface area contributed by atoms with Gasteiger partial charge in [0.1, 0.15) is 0 Å². The van der Waals surface area contributed by atoms with E-state index in [1.165, 1.54) is 19.1 Å². The van der Waals surface area contributed by atoms with Crippen LogP contribution < -0.4 is 14.8 Å². The van der Waals surface area contributed by atoms with Crippen LogP contribution in [-0.4, -0.2) is 43.8 Å². The zero-order chi connectivity index (χ0) is 17.1. The Bertz CT molecular complexity index is 679. The summed E-state index contributed by atoms with van der Waals surface area (Å²) in [6.45, 7) is 1.50. The minimum atomic E-state index is -0.601. The fraction of sp³-hybridized carbons (Fsp3) is 0.438. The van der Waals surface area contributed by atoms with Gasteiger partial charge in [-0.2, -0.15) is 0 Å². The van der Waals surface area contributed by atoms with Gasteiger partial charge in [0, 0.05) is 18.2 Å². The van der Waals surface area contributed by atoms with E-state index in [0.717, 1.165) is 6.42 Å². The second-order valence-corrected chi connectivity index (χ2v) is 5.46. The topological polar surface area (TPSA) is 100 Å². The summed E-state index contributed by atoms with van der Waals surface area (Å²) >= 11 is 0. The van der Waals surface area contributed by atoms with Gasteiger partial charge >= 0.3 is 5.97 Å². The van der Waals surface area contributed by atoms with Crippen molar-refractivity contribution in [2.75, 3.05) is 25.3 Å². The van der Waals surface area contributed by atoms with Crippen molar-refractivity contribution in [3.05, 3.63) is 17.7 Å². The van der Waals surface area contributed by atoms with E-state index in [0.29, 0.717) is 24.5 Å². The lowest BCUT2D eigenvalue weighted by Gasteiger charge is -2.12. The number of carbonyl (C=O) groups excluding carboxylic acids is 3. The molecule has 0 saturated carbocycles. The predicted octanol–water partition coefficient (Wildman–Crippen LogP) is 1.28. The number of nitrogens with one attached hydrogen (secondary N) is 1. The summed E-state index contributed by atoms with van der Waals surface area (Å²) in [5.41, 5.74) is 0.572. The predicted molar refractivity (Wildman–Crippen MR) is 81.1 cm³/mol. The normalized spacial score (nSPS) is 18.3. The fourth-order valence-electron chi connectivity index (χ4n) is 2.52. The van der Waals surface area contributed by atoms with E-state index in [9.17, 15) is 14.4 Å². The number of esters is 1. The Balaban J connectivity index is 1.63. The molecule has 1 fully saturated rings. The SMILES string of the molecule is CC(=O)c1cc2c(cc1NC(=O)COC(=O)[C@@H]1CCCO1)OCO2. The molecule has 0 radical (unpaired) electrons. The highest BCUT2D eigenvalue weighted by molar-refractivity contribution is 6.05. The second-order valence-electron chi connectivity index (χ2n) is 5.46. The molecular weight excluding hydrogens is 318 g/mol. The van der Waals surface area contributed by atoms with Crippen LogP contribution in [0.3, 0.4) is 0 Å². The zero-order valence-corrected chi connectivity index (χ0v) is 13.1. The van der Waals surface area contributed by atoms with Crippen LogP contribution in [0.4, 0.5) is 5.69 Å². The summed E-state index contributed by atoms with van der Waals surface area (Å²) in [6.07, 6.45) is 0.790. The average molecular weight is 335 g/mol. The van der Waals surface area contributed by atoms with Crippen molar-refractivity contribution >= 4 is 23.3 Å². The summed E-state index contributed by atoms with van der Waals surface area (Å²) in [5.74, 6) is -0.461. The van der Waals surface area contributed by atoms with Gasteiger partial charge in [-0.1, -0.05) is 0 Å². The molecular formula is C16H17NO7. The molecule has 1 atom stereocenters. The van der Waals surface area contributed by atoms with Crippen LogP contribution in [-0.2, 0) is 19.1 Å². The second kappa shape index (κ2) is 6.88. The highest BCUT2D eigenvalue weighted by Crippen LogP contribution is 2.37. The number of ether oxygens (including phenoxy) is 4. The van der Waals surface area contributed by atoms with E-state index < -0.39 is 24.6 Å². The molecule has 24 heavy (non-hydrogen) atoms. The number of fused-ring (bicyclic) bond motifs is 1. The molecule has 128 valence electrons. The Morgan fingerprint density at radius 2 is 2.00 bits per heavy atom. The molecule has 1 aromatic carbocycles. The zero-order valence-electron chi connectivity index (χ0n) is 13.1. The van der Waals surface area contributed by atoms with Crippen LogP contribution in [0.1, 0.15) is 30.1 Å². The number of amides is 1. The van der Waals surface area contributed by atoms with Gasteiger partial charge in [-0.25, -0.2) is 4.79 Å². The van der Waals surface area contributed by atoms with Crippen LogP contribution in [0.5, 0.6) is 11.5 Å². The first-order valence-electron chi connectivity index (χ1n) is 7.57. The van der Waals surface area contributed by atoms with Crippen molar-refractivity contribution in [3.63, 3.8) is 0 Å². The van der Waals surface area contributed by atoms with Crippen LogP contribution in [0.15, 0.2) is 12.1 Å². The smallest absolute Gasteiger partial charge is 0.335 e. The van der Waals surface area contributed by atoms with Crippen LogP contribution >= 0.6 is 0 Å². The quantitative estimate of drug-likeness (QED) is 0.639. The van der Waals surface area contributed by atoms with Gasteiger partial charge in [0.15, 0.2) is 30.0 Å². The van der Waals surface area contributed by atoms with Crippen molar-refractivity contribution in [1.82, 2.24) is 0 Å². The maximum Gasteiger partial charge on any atom is 0.335 e. The standard InChI is InChI=1S/C16H17NO7/c1-9(18)10-5-13-14(24-8-23-13)6-11(10)17-15(19)7-22-16(20)12-3-2-4-21-12/h5-6,12H,2-4,7-8H2,1H3,(H,17,19)/t12-/m0/s1. The first-order valence-corrected chi connectivity index (χ1v) is 7.57. The number of anilines is 1. The van der Waals surface area contributed by atoms with E-state index >= 15 is 0 Å². The van der Waals surface area contributed by atoms with Gasteiger partial charge in [-0.3, -0.25) is 9.59 Å². The van der Waals surface area contributed by atoms with Crippen molar-refractivity contribution < 1.29 is 33.3 Å². The summed E-state index contributed by atoms with van der Waals surface area (Å²) < 4.78 is 20.6. The third-order valence-corrected chi connectivity index (χ3v) is 3.70. The molecule has 0 bridgehead atoms. The maximum absolute atomic E-state index is 12.0. The third kappa shape index (κ3) is 3.48. The monoisotopic (exact) mass is 335 g/mol. The Hall–Kier alpha value is -2.61. The van der Waals surface area contributed by atoms with E-state index in [1.807, 2.05) is 0 Å². The molecule has 1 N–H and O–H groups in total. The molecule has 2 heterocycles. The van der Waals surface area contributed by atoms with Gasteiger partial charge < -0.3 is 24.3 Å². The summed E-state index contributed by atoms with van der Waals surface area (Å²) in [5, 5.41) is 2.55. The van der Waals surface area contributed by atoms with E-state index in [-0.39, 0.29) is 23.8 Å². The van der Waals surface area contributed by atoms with Gasteiger partial charge in [0.2, 0.25) is 6.79 Å². The minimum absolute atomic E-state index is 0.0586. The Morgan fingerprint density at radius 1 is 1.25 bits per heavy atom. The highest BCUT2D eigenvalue weighted by Gasteiger charge is 2.26. The van der Waals surface area contributed by atoms with E-state index in [4.69, 9.17) is 18.9 Å². The van der Waals surface area contributed by atoms with E-state index in [1.54, 1.807) is 0 Å². The number of carbonyl (C=O) groups is 3. The van der Waals surface area contributed by atoms with Crippen molar-refractivity contribution in [2.45, 2.75) is 25.9 Å². The molecule has 3 rings (SSSR count). The third-order valence-electron chi connectivity index (χ3n) is 3.70. The maximum atomic E-state index is 12.0. The first-order chi connectivity index (χ1) is 11.5. The molecule has 2 aliphatic heterocycles. The summed E-state index contributed by atoms with van der Waals surface area (Å²) in [4.78, 5) is 35.4. The van der Waals surface area contributed by atoms with Crippen molar-refractivity contribution in [3.8, 4) is 11.5 Å². The van der Waals surface area contributed by atoms with Crippen molar-refractivity contribution in [2.24, 2.45) is 0 Å². The molecule has 8 heteroatoms. The first kappa shape index (κ1) is 16.3. The Labute approximate surface area is 138 Å². The number of benzene rings is 1. The van der Waals surface area contributed by atoms with Gasteiger partial charge in [-0.05, 0) is 25.8 Å². The number of hydrogen-bond acceptors (Lipinski definition) is 7. The number of hydrogen-bond donors (Lipinski definition) is 1. The molecule has 0 unspecified atom stereocenters. The van der Waals surface area contributed by atoms with Gasteiger partial charge in [0.05, 0.1) is 5.69 Å². The summed E-state index contributed by atoms with van der Waals surface area (Å²) in [7, 11) is 0. The van der Waals surface area contributed by atoms with Crippen LogP contribution in [0.2, 0.25) is 0 Å². The number of ketones is 1. The highest BCUT2D eigenvalue weighted by atomic mass is 16.7. The molecule has 1 amide bonds. The fourth-order valence-corrected chi connectivity index (χ4v) is 2.52. The molecule has 0 aromatic heterocycles. The molecule has 0 spiro atoms. The minimum Gasteiger partial charge on any atom is -0.454 e. The number of Topliss-reactive ketones (excluding diaryl/α,β-unsaturated/α-hetero) is 1. The molecule has 8 nitrogen and oxygen atoms in total. The molecule has 1 aromatic rings. The average Bonchev–Trinajstić information content (AvgIpc) is 3.22. The lowest BCUT2D eigenvalue weighted by atomic mass is 10.1. The lowest BCUT2D eigenvalue weighted by molar-refractivity contribution is -0.156. The van der Waals surface area contributed by atoms with Gasteiger partial charge in [0.25, 0.3) is 5.91 Å². The molecule has 2 aliphatic rings. The van der Waals surface area contributed by atoms with Gasteiger partial charge in [-0.15, -0.1) is 0 Å². The Morgan fingerprint density at radius 3 is 2.67 bits per heavy atom. The van der Waals surface area contributed by atoms with Crippen LogP contribution in [0, 0.1) is 0 Å². The largest absolute Gasteiger partial charge is 0.454 e.